The van der Waals surface area contributed by atoms with Crippen LogP contribution in [0.3, 0.4) is 0 Å². The molecule has 1 N–H and O–H groups in total. The van der Waals surface area contributed by atoms with E-state index in [1.165, 1.54) is 6.92 Å². The van der Waals surface area contributed by atoms with E-state index in [9.17, 15) is 4.79 Å². The lowest BCUT2D eigenvalue weighted by atomic mass is 10.6. The third kappa shape index (κ3) is 15.7. The van der Waals surface area contributed by atoms with Gasteiger partial charge >= 0.3 is 0 Å². The van der Waals surface area contributed by atoms with Crippen LogP contribution in [0.5, 0.6) is 0 Å². The highest BCUT2D eigenvalue weighted by molar-refractivity contribution is 5.72. The van der Waals surface area contributed by atoms with E-state index in [-0.39, 0.29) is 7.33 Å². The highest BCUT2D eigenvalue weighted by Crippen LogP contribution is 1.63. The monoisotopic (exact) mass is 149 g/mol. The molecule has 0 heterocycles. The summed E-state index contributed by atoms with van der Waals surface area (Å²) >= 11 is 0. The van der Waals surface area contributed by atoms with Gasteiger partial charge in [-0.1, -0.05) is 13.8 Å². The van der Waals surface area contributed by atoms with Crippen LogP contribution in [0, 0.1) is 0 Å². The maximum absolute atomic E-state index is 10.2. The Hall–Kier alpha value is -0.570. The normalized spacial score (nSPS) is 7.60. The van der Waals surface area contributed by atoms with E-state index in [0.29, 0.717) is 13.2 Å². The maximum atomic E-state index is 10.2. The Bertz CT molecular complexity index is 78.8. The quantitative estimate of drug-likeness (QED) is 0.609. The molecular formula is C7H19NO2. The zero-order valence-corrected chi connectivity index (χ0v) is 7.23. The van der Waals surface area contributed by atoms with Gasteiger partial charge in [0, 0.05) is 22.0 Å². The van der Waals surface area contributed by atoms with Gasteiger partial charge in [-0.25, -0.2) is 0 Å². The summed E-state index contributed by atoms with van der Waals surface area (Å²) in [5.74, 6) is -0.0120. The average Bonchev–Trinajstić information content (AvgIpc) is 1.92. The van der Waals surface area contributed by atoms with Gasteiger partial charge in [0.2, 0.25) is 5.91 Å². The molecule has 0 aliphatic heterocycles. The summed E-state index contributed by atoms with van der Waals surface area (Å²) in [6, 6.07) is 0. The molecule has 0 rings (SSSR count). The van der Waals surface area contributed by atoms with Crippen molar-refractivity contribution >= 4 is 5.91 Å². The third-order valence-corrected chi connectivity index (χ3v) is 0.680. The Morgan fingerprint density at radius 3 is 2.40 bits per heavy atom. The van der Waals surface area contributed by atoms with Crippen molar-refractivity contribution in [1.29, 1.82) is 0 Å². The van der Waals surface area contributed by atoms with Crippen LogP contribution < -0.4 is 5.32 Å². The number of ether oxygens (including phenoxy) is 1. The SMILES string of the molecule is CC.COCCNC(C)=O.[HH]. The van der Waals surface area contributed by atoms with Crippen molar-refractivity contribution in [3.8, 4) is 0 Å². The minimum absolute atomic E-state index is 0. The van der Waals surface area contributed by atoms with Gasteiger partial charge in [0.1, 0.15) is 0 Å². The summed E-state index contributed by atoms with van der Waals surface area (Å²) in [6.07, 6.45) is 0. The highest BCUT2D eigenvalue weighted by atomic mass is 16.5. The van der Waals surface area contributed by atoms with Gasteiger partial charge < -0.3 is 10.1 Å². The second-order valence-electron chi connectivity index (χ2n) is 1.48. The van der Waals surface area contributed by atoms with Crippen LogP contribution in [-0.2, 0) is 9.53 Å². The lowest BCUT2D eigenvalue weighted by Gasteiger charge is -1.97. The second-order valence-corrected chi connectivity index (χ2v) is 1.48. The fourth-order valence-corrected chi connectivity index (χ4v) is 0.329. The molecule has 0 radical (unpaired) electrons. The summed E-state index contributed by atoms with van der Waals surface area (Å²) < 4.78 is 4.68. The average molecular weight is 149 g/mol. The number of rotatable bonds is 3. The predicted molar refractivity (Wildman–Crippen MR) is 44.0 cm³/mol. The molecule has 0 unspecified atom stereocenters. The number of carbonyl (C=O) groups is 1. The summed E-state index contributed by atoms with van der Waals surface area (Å²) in [6.45, 7) is 6.67. The molecule has 3 heteroatoms. The van der Waals surface area contributed by atoms with Crippen LogP contribution in [0.4, 0.5) is 0 Å². The van der Waals surface area contributed by atoms with E-state index in [4.69, 9.17) is 0 Å². The molecule has 0 saturated carbocycles. The van der Waals surface area contributed by atoms with Crippen molar-refractivity contribution < 1.29 is 11.0 Å². The molecule has 0 aromatic rings. The van der Waals surface area contributed by atoms with Gasteiger partial charge in [-0.05, 0) is 0 Å². The molecule has 0 aromatic heterocycles. The van der Waals surface area contributed by atoms with Gasteiger partial charge in [0.05, 0.1) is 6.61 Å². The van der Waals surface area contributed by atoms with Crippen LogP contribution in [0.25, 0.3) is 0 Å². The van der Waals surface area contributed by atoms with Crippen molar-refractivity contribution in [2.75, 3.05) is 20.3 Å². The Balaban J connectivity index is -0.000000196. The van der Waals surface area contributed by atoms with Gasteiger partial charge in [0.15, 0.2) is 0 Å². The number of hydrogen-bond acceptors (Lipinski definition) is 2. The van der Waals surface area contributed by atoms with E-state index in [2.05, 4.69) is 10.1 Å². The second kappa shape index (κ2) is 11.3. The Morgan fingerprint density at radius 2 is 2.10 bits per heavy atom. The summed E-state index contributed by atoms with van der Waals surface area (Å²) in [5.41, 5.74) is 0. The van der Waals surface area contributed by atoms with Crippen LogP contribution in [0.1, 0.15) is 22.2 Å². The van der Waals surface area contributed by atoms with Crippen molar-refractivity contribution in [3.05, 3.63) is 0 Å². The lowest BCUT2D eigenvalue weighted by Crippen LogP contribution is -2.23. The van der Waals surface area contributed by atoms with Crippen molar-refractivity contribution in [1.82, 2.24) is 5.32 Å². The van der Waals surface area contributed by atoms with Crippen molar-refractivity contribution in [2.24, 2.45) is 0 Å². The van der Waals surface area contributed by atoms with Crippen molar-refractivity contribution in [3.63, 3.8) is 0 Å². The number of amides is 1. The first kappa shape index (κ1) is 12.1. The first-order chi connectivity index (χ1) is 4.77. The van der Waals surface area contributed by atoms with E-state index in [0.717, 1.165) is 0 Å². The van der Waals surface area contributed by atoms with Gasteiger partial charge in [-0.15, -0.1) is 0 Å². The highest BCUT2D eigenvalue weighted by Gasteiger charge is 1.85. The molecule has 0 fully saturated rings. The van der Waals surface area contributed by atoms with E-state index in [1.807, 2.05) is 13.8 Å². The minimum Gasteiger partial charge on any atom is -0.383 e. The zero-order chi connectivity index (χ0) is 8.41. The smallest absolute Gasteiger partial charge is 0.216 e. The fourth-order valence-electron chi connectivity index (χ4n) is 0.329. The van der Waals surface area contributed by atoms with Crippen LogP contribution in [-0.4, -0.2) is 26.2 Å². The molecule has 0 aliphatic rings. The lowest BCUT2D eigenvalue weighted by molar-refractivity contribution is -0.119. The molecule has 1 amide bonds. The minimum atomic E-state index is -0.0120. The Morgan fingerprint density at radius 1 is 1.60 bits per heavy atom. The third-order valence-electron chi connectivity index (χ3n) is 0.680. The molecule has 64 valence electrons. The molecule has 0 saturated heterocycles. The van der Waals surface area contributed by atoms with Crippen LogP contribution >= 0.6 is 0 Å². The first-order valence-electron chi connectivity index (χ1n) is 3.50. The van der Waals surface area contributed by atoms with Gasteiger partial charge in [-0.2, -0.15) is 0 Å². The van der Waals surface area contributed by atoms with Gasteiger partial charge in [-0.3, -0.25) is 4.79 Å². The zero-order valence-electron chi connectivity index (χ0n) is 7.23. The molecule has 0 aliphatic carbocycles. The van der Waals surface area contributed by atoms with Gasteiger partial charge in [0.25, 0.3) is 0 Å². The Kier molecular flexibility index (Phi) is 13.7. The van der Waals surface area contributed by atoms with E-state index in [1.54, 1.807) is 7.11 Å². The Labute approximate surface area is 64.2 Å². The molecule has 0 spiro atoms. The summed E-state index contributed by atoms with van der Waals surface area (Å²) in [4.78, 5) is 10.2. The predicted octanol–water partition coefficient (Wildman–Crippen LogP) is 1.04. The number of methoxy groups -OCH3 is 1. The largest absolute Gasteiger partial charge is 0.383 e. The first-order valence-corrected chi connectivity index (χ1v) is 3.50. The molecule has 0 atom stereocenters. The molecule has 0 bridgehead atoms. The number of nitrogens with one attached hydrogen (secondary N) is 1. The maximum Gasteiger partial charge on any atom is 0.216 e. The topological polar surface area (TPSA) is 38.3 Å². The summed E-state index contributed by atoms with van der Waals surface area (Å²) in [7, 11) is 1.60. The van der Waals surface area contributed by atoms with E-state index >= 15 is 0 Å². The standard InChI is InChI=1S/C5H11NO2.C2H6.H2/c1-5(7)6-3-4-8-2;1-2;/h3-4H2,1-2H3,(H,6,7);1-2H3;1H. The van der Waals surface area contributed by atoms with Crippen LogP contribution in [0.2, 0.25) is 0 Å². The number of carbonyl (C=O) groups excluding carboxylic acids is 1. The molecule has 3 nitrogen and oxygen atoms in total. The molecule has 0 aromatic carbocycles. The number of hydrogen-bond donors (Lipinski definition) is 1. The fraction of sp³-hybridized carbons (Fsp3) is 0.857. The molecular weight excluding hydrogens is 130 g/mol. The van der Waals surface area contributed by atoms with Crippen LogP contribution in [0.15, 0.2) is 0 Å². The van der Waals surface area contributed by atoms with E-state index < -0.39 is 0 Å². The molecule has 10 heavy (non-hydrogen) atoms. The summed E-state index contributed by atoms with van der Waals surface area (Å²) in [5, 5.41) is 2.58. The van der Waals surface area contributed by atoms with Crippen molar-refractivity contribution in [2.45, 2.75) is 20.8 Å².